The monoisotopic (exact) mass is 601 g/mol. The molecule has 0 heterocycles. The van der Waals surface area contributed by atoms with Crippen LogP contribution in [0, 0.1) is 5.82 Å². The lowest BCUT2D eigenvalue weighted by Crippen LogP contribution is -2.52. The van der Waals surface area contributed by atoms with Crippen LogP contribution in [0.3, 0.4) is 0 Å². The number of hydrogen-bond donors (Lipinski definition) is 1. The van der Waals surface area contributed by atoms with Crippen molar-refractivity contribution in [2.75, 3.05) is 17.1 Å². The average Bonchev–Trinajstić information content (AvgIpc) is 2.94. The van der Waals surface area contributed by atoms with Gasteiger partial charge >= 0.3 is 0 Å². The molecule has 0 fully saturated rings. The molecule has 0 saturated carbocycles. The molecule has 220 valence electrons. The minimum absolute atomic E-state index is 0.0457. The maximum atomic E-state index is 14.5. The predicted molar refractivity (Wildman–Crippen MR) is 162 cm³/mol. The van der Waals surface area contributed by atoms with Gasteiger partial charge in [-0.2, -0.15) is 0 Å². The molecule has 0 saturated heterocycles. The normalized spacial score (nSPS) is 12.8. The first kappa shape index (κ1) is 32.1. The number of nitrogens with zero attached hydrogens (tertiary/aromatic N) is 2. The number of benzene rings is 3. The molecule has 41 heavy (non-hydrogen) atoms. The Kier molecular flexibility index (Phi) is 11.7. The second-order valence-electron chi connectivity index (χ2n) is 10.1. The smallest absolute Gasteiger partial charge is 0.243 e. The van der Waals surface area contributed by atoms with E-state index in [1.807, 2.05) is 44.2 Å². The van der Waals surface area contributed by atoms with Crippen LogP contribution < -0.4 is 9.62 Å². The van der Waals surface area contributed by atoms with Crippen LogP contribution in [-0.4, -0.2) is 50.0 Å². The van der Waals surface area contributed by atoms with Gasteiger partial charge in [-0.25, -0.2) is 12.8 Å². The number of amides is 2. The maximum Gasteiger partial charge on any atom is 0.243 e. The van der Waals surface area contributed by atoms with Crippen molar-refractivity contribution in [3.63, 3.8) is 0 Å². The van der Waals surface area contributed by atoms with Crippen molar-refractivity contribution < 1.29 is 22.4 Å². The van der Waals surface area contributed by atoms with Gasteiger partial charge in [-0.3, -0.25) is 13.9 Å². The first-order valence-electron chi connectivity index (χ1n) is 13.6. The first-order chi connectivity index (χ1) is 19.5. The second kappa shape index (κ2) is 15.0. The number of carbonyl (C=O) groups excluding carboxylic acids is 2. The molecule has 1 N–H and O–H groups in total. The zero-order valence-electron chi connectivity index (χ0n) is 23.6. The molecule has 7 nitrogen and oxygen atoms in total. The summed E-state index contributed by atoms with van der Waals surface area (Å²) in [5.41, 5.74) is 1.62. The first-order valence-corrected chi connectivity index (χ1v) is 15.8. The number of anilines is 1. The van der Waals surface area contributed by atoms with Gasteiger partial charge in [0, 0.05) is 37.0 Å². The Morgan fingerprint density at radius 3 is 2.20 bits per heavy atom. The Morgan fingerprint density at radius 2 is 1.59 bits per heavy atom. The number of sulfonamides is 1. The van der Waals surface area contributed by atoms with E-state index < -0.39 is 21.9 Å². The van der Waals surface area contributed by atoms with Crippen LogP contribution in [0.5, 0.6) is 0 Å². The fourth-order valence-corrected chi connectivity index (χ4v) is 5.51. The lowest BCUT2D eigenvalue weighted by Gasteiger charge is -2.32. The number of nitrogens with one attached hydrogen (secondary N) is 1. The number of rotatable bonds is 14. The van der Waals surface area contributed by atoms with Crippen LogP contribution in [0.2, 0.25) is 5.02 Å². The minimum atomic E-state index is -3.81. The Balaban J connectivity index is 1.89. The van der Waals surface area contributed by atoms with Crippen molar-refractivity contribution >= 4 is 39.1 Å². The summed E-state index contributed by atoms with van der Waals surface area (Å²) in [4.78, 5) is 28.9. The van der Waals surface area contributed by atoms with Crippen molar-refractivity contribution in [2.45, 2.75) is 58.2 Å². The van der Waals surface area contributed by atoms with E-state index in [0.29, 0.717) is 11.4 Å². The Bertz CT molecular complexity index is 1400. The molecule has 0 spiro atoms. The highest BCUT2D eigenvalue weighted by atomic mass is 35.5. The van der Waals surface area contributed by atoms with Gasteiger partial charge in [0.25, 0.3) is 0 Å². The van der Waals surface area contributed by atoms with E-state index >= 15 is 0 Å². The maximum absolute atomic E-state index is 14.5. The fraction of sp³-hybridized carbons (Fsp3) is 0.355. The number of para-hydroxylation sites is 1. The van der Waals surface area contributed by atoms with Crippen LogP contribution in [0.25, 0.3) is 0 Å². The van der Waals surface area contributed by atoms with Crippen LogP contribution >= 0.6 is 11.6 Å². The number of hydrogen-bond acceptors (Lipinski definition) is 4. The van der Waals surface area contributed by atoms with Crippen molar-refractivity contribution in [3.05, 3.63) is 101 Å². The Hall–Kier alpha value is -3.43. The van der Waals surface area contributed by atoms with Gasteiger partial charge in [0.1, 0.15) is 11.9 Å². The summed E-state index contributed by atoms with van der Waals surface area (Å²) in [7, 11) is -3.81. The highest BCUT2D eigenvalue weighted by molar-refractivity contribution is 7.92. The molecule has 3 aromatic rings. The van der Waals surface area contributed by atoms with Crippen molar-refractivity contribution in [2.24, 2.45) is 0 Å². The third-order valence-corrected chi connectivity index (χ3v) is 8.24. The molecule has 0 aromatic heterocycles. The summed E-state index contributed by atoms with van der Waals surface area (Å²) in [5.74, 6) is -1.25. The molecule has 0 aliphatic heterocycles. The molecule has 2 amide bonds. The zero-order chi connectivity index (χ0) is 30.0. The lowest BCUT2D eigenvalue weighted by molar-refractivity contribution is -0.141. The summed E-state index contributed by atoms with van der Waals surface area (Å²) in [6, 6.07) is 21.2. The largest absolute Gasteiger partial charge is 0.352 e. The molecule has 0 aliphatic carbocycles. The highest BCUT2D eigenvalue weighted by Crippen LogP contribution is 2.23. The molecular weight excluding hydrogens is 565 g/mol. The summed E-state index contributed by atoms with van der Waals surface area (Å²) in [5, 5.41) is 3.57. The third-order valence-electron chi connectivity index (χ3n) is 6.81. The number of carbonyl (C=O) groups is 2. The van der Waals surface area contributed by atoms with E-state index in [-0.39, 0.29) is 49.5 Å². The van der Waals surface area contributed by atoms with Crippen molar-refractivity contribution in [1.82, 2.24) is 10.2 Å². The van der Waals surface area contributed by atoms with Crippen LogP contribution in [0.15, 0.2) is 78.9 Å². The van der Waals surface area contributed by atoms with Gasteiger partial charge in [0.05, 0.1) is 11.9 Å². The molecule has 3 aromatic carbocycles. The molecule has 0 bridgehead atoms. The summed E-state index contributed by atoms with van der Waals surface area (Å²) in [6.07, 6.45) is 2.11. The van der Waals surface area contributed by atoms with Crippen molar-refractivity contribution in [3.8, 4) is 0 Å². The van der Waals surface area contributed by atoms with E-state index in [2.05, 4.69) is 5.32 Å². The quantitative estimate of drug-likeness (QED) is 0.261. The summed E-state index contributed by atoms with van der Waals surface area (Å²) >= 11 is 6.08. The van der Waals surface area contributed by atoms with E-state index in [0.717, 1.165) is 28.1 Å². The predicted octanol–water partition coefficient (Wildman–Crippen LogP) is 5.58. The highest BCUT2D eigenvalue weighted by Gasteiger charge is 2.31. The zero-order valence-corrected chi connectivity index (χ0v) is 25.2. The SMILES string of the molecule is CC[C@H](C)NC(=O)[C@@H](Cc1ccccc1)N(Cc1ccc(Cl)cc1)C(=O)CCCN(c1ccccc1F)S(C)(=O)=O. The van der Waals surface area contributed by atoms with Gasteiger partial charge in [-0.05, 0) is 55.2 Å². The van der Waals surface area contributed by atoms with E-state index in [4.69, 9.17) is 11.6 Å². The van der Waals surface area contributed by atoms with E-state index in [1.54, 1.807) is 35.2 Å². The molecule has 2 atom stereocenters. The van der Waals surface area contributed by atoms with Crippen LogP contribution in [-0.2, 0) is 32.6 Å². The van der Waals surface area contributed by atoms with Gasteiger partial charge in [0.2, 0.25) is 21.8 Å². The fourth-order valence-electron chi connectivity index (χ4n) is 4.42. The molecule has 0 unspecified atom stereocenters. The topological polar surface area (TPSA) is 86.8 Å². The summed E-state index contributed by atoms with van der Waals surface area (Å²) < 4.78 is 40.4. The van der Waals surface area contributed by atoms with Gasteiger partial charge in [-0.1, -0.05) is 73.1 Å². The minimum Gasteiger partial charge on any atom is -0.352 e. The molecule has 0 radical (unpaired) electrons. The Labute approximate surface area is 247 Å². The van der Waals surface area contributed by atoms with Crippen LogP contribution in [0.1, 0.15) is 44.2 Å². The molecule has 10 heteroatoms. The lowest BCUT2D eigenvalue weighted by atomic mass is 10.0. The summed E-state index contributed by atoms with van der Waals surface area (Å²) in [6.45, 7) is 3.94. The molecule has 3 rings (SSSR count). The van der Waals surface area contributed by atoms with Crippen molar-refractivity contribution in [1.29, 1.82) is 0 Å². The van der Waals surface area contributed by atoms with E-state index in [1.165, 1.54) is 18.2 Å². The second-order valence-corrected chi connectivity index (χ2v) is 12.4. The molecule has 0 aliphatic rings. The third kappa shape index (κ3) is 9.57. The Morgan fingerprint density at radius 1 is 0.951 bits per heavy atom. The standard InChI is InChI=1S/C31H37ClFN3O4S/c1-4-23(2)34-31(38)29(21-24-11-6-5-7-12-24)35(22-25-16-18-26(32)19-17-25)30(37)15-10-20-36(41(3,39)40)28-14-9-8-13-27(28)33/h5-9,11-14,16-19,23,29H,4,10,15,20-22H2,1-3H3,(H,34,38)/t23-,29+/m0/s1. The van der Waals surface area contributed by atoms with Gasteiger partial charge in [-0.15, -0.1) is 0 Å². The average molecular weight is 602 g/mol. The van der Waals surface area contributed by atoms with Crippen LogP contribution in [0.4, 0.5) is 10.1 Å². The van der Waals surface area contributed by atoms with Gasteiger partial charge < -0.3 is 10.2 Å². The molecular formula is C31H37ClFN3O4S. The van der Waals surface area contributed by atoms with E-state index in [9.17, 15) is 22.4 Å². The number of halogens is 2. The van der Waals surface area contributed by atoms with Gasteiger partial charge in [0.15, 0.2) is 0 Å².